The van der Waals surface area contributed by atoms with Crippen LogP contribution in [-0.4, -0.2) is 18.1 Å². The second-order valence-electron chi connectivity index (χ2n) is 2.84. The zero-order chi connectivity index (χ0) is 10.2. The van der Waals surface area contributed by atoms with Crippen molar-refractivity contribution in [3.05, 3.63) is 0 Å². The Hall–Kier alpha value is 1.75. The standard InChI is InChI=1S/C8H19O4P.K.H/c1-3-5-7-11-13(9,10)12-8-6-4-2;;/h3-8H2,1-2H3,(H,9,10);;/q;+1;-1. The van der Waals surface area contributed by atoms with E-state index >= 15 is 0 Å². The minimum atomic E-state index is -3.75. The van der Waals surface area contributed by atoms with E-state index < -0.39 is 7.82 Å². The number of phosphoric acid groups is 1. The van der Waals surface area contributed by atoms with Crippen molar-refractivity contribution in [1.29, 1.82) is 0 Å². The quantitative estimate of drug-likeness (QED) is 0.369. The van der Waals surface area contributed by atoms with Crippen LogP contribution in [0, 0.1) is 0 Å². The minimum absolute atomic E-state index is 0. The molecule has 0 spiro atoms. The topological polar surface area (TPSA) is 55.8 Å². The molecular formula is C8H20KO4P. The second kappa shape index (κ2) is 11.2. The molecule has 1 N–H and O–H groups in total. The predicted molar refractivity (Wildman–Crippen MR) is 52.7 cm³/mol. The molecule has 0 heterocycles. The fraction of sp³-hybridized carbons (Fsp3) is 1.00. The third-order valence-electron chi connectivity index (χ3n) is 1.50. The normalized spacial score (nSPS) is 11.1. The molecule has 0 atom stereocenters. The summed E-state index contributed by atoms with van der Waals surface area (Å²) in [6.07, 6.45) is 3.44. The van der Waals surface area contributed by atoms with Crippen LogP contribution in [0.3, 0.4) is 0 Å². The van der Waals surface area contributed by atoms with Crippen molar-refractivity contribution in [2.45, 2.75) is 39.5 Å². The van der Waals surface area contributed by atoms with Crippen molar-refractivity contribution in [2.24, 2.45) is 0 Å². The SMILES string of the molecule is CCCCOP(=O)(O)OCCCC.[H-].[K+]. The van der Waals surface area contributed by atoms with Gasteiger partial charge in [0.25, 0.3) is 0 Å². The van der Waals surface area contributed by atoms with Gasteiger partial charge in [0.1, 0.15) is 0 Å². The maximum Gasteiger partial charge on any atom is 1.00 e. The summed E-state index contributed by atoms with van der Waals surface area (Å²) in [5.74, 6) is 0. The first kappa shape index (κ1) is 18.1. The van der Waals surface area contributed by atoms with Crippen LogP contribution >= 0.6 is 7.82 Å². The van der Waals surface area contributed by atoms with Gasteiger partial charge in [0.05, 0.1) is 13.2 Å². The van der Waals surface area contributed by atoms with E-state index in [0.29, 0.717) is 0 Å². The molecule has 0 radical (unpaired) electrons. The third-order valence-corrected chi connectivity index (χ3v) is 2.52. The van der Waals surface area contributed by atoms with Gasteiger partial charge in [-0.15, -0.1) is 0 Å². The van der Waals surface area contributed by atoms with Gasteiger partial charge in [-0.3, -0.25) is 9.05 Å². The number of hydrogen-bond acceptors (Lipinski definition) is 3. The fourth-order valence-electron chi connectivity index (χ4n) is 0.686. The summed E-state index contributed by atoms with van der Waals surface area (Å²) >= 11 is 0. The van der Waals surface area contributed by atoms with Crippen molar-refractivity contribution in [3.63, 3.8) is 0 Å². The van der Waals surface area contributed by atoms with Gasteiger partial charge in [0.15, 0.2) is 0 Å². The summed E-state index contributed by atoms with van der Waals surface area (Å²) in [6.45, 7) is 4.56. The molecular weight excluding hydrogens is 230 g/mol. The summed E-state index contributed by atoms with van der Waals surface area (Å²) in [5.41, 5.74) is 0. The summed E-state index contributed by atoms with van der Waals surface area (Å²) in [4.78, 5) is 9.08. The molecule has 0 aliphatic carbocycles. The van der Waals surface area contributed by atoms with E-state index in [1.165, 1.54) is 0 Å². The van der Waals surface area contributed by atoms with Crippen molar-refractivity contribution in [3.8, 4) is 0 Å². The molecule has 0 aliphatic rings. The van der Waals surface area contributed by atoms with Gasteiger partial charge in [-0.1, -0.05) is 26.7 Å². The molecule has 0 aromatic heterocycles. The molecule has 14 heavy (non-hydrogen) atoms. The van der Waals surface area contributed by atoms with Gasteiger partial charge in [0.2, 0.25) is 0 Å². The van der Waals surface area contributed by atoms with Gasteiger partial charge in [-0.2, -0.15) is 0 Å². The van der Waals surface area contributed by atoms with Crippen molar-refractivity contribution in [1.82, 2.24) is 0 Å². The zero-order valence-electron chi connectivity index (χ0n) is 10.4. The van der Waals surface area contributed by atoms with E-state index in [9.17, 15) is 4.57 Å². The molecule has 0 fully saturated rings. The Kier molecular flexibility index (Phi) is 14.5. The van der Waals surface area contributed by atoms with Gasteiger partial charge in [0, 0.05) is 0 Å². The predicted octanol–water partition coefficient (Wildman–Crippen LogP) is -0.163. The summed E-state index contributed by atoms with van der Waals surface area (Å²) in [6, 6.07) is 0. The Morgan fingerprint density at radius 1 is 1.14 bits per heavy atom. The molecule has 0 saturated carbocycles. The average molecular weight is 250 g/mol. The first-order chi connectivity index (χ1) is 6.12. The summed E-state index contributed by atoms with van der Waals surface area (Å²) in [5, 5.41) is 0. The second-order valence-corrected chi connectivity index (χ2v) is 4.30. The van der Waals surface area contributed by atoms with Crippen molar-refractivity contribution in [2.75, 3.05) is 13.2 Å². The first-order valence-corrected chi connectivity index (χ1v) is 6.23. The van der Waals surface area contributed by atoms with Crippen molar-refractivity contribution < 1.29 is 71.3 Å². The Morgan fingerprint density at radius 2 is 1.50 bits per heavy atom. The molecule has 0 saturated heterocycles. The van der Waals surface area contributed by atoms with Gasteiger partial charge < -0.3 is 6.32 Å². The average Bonchev–Trinajstić information content (AvgIpc) is 2.05. The van der Waals surface area contributed by atoms with Crippen LogP contribution in [0.25, 0.3) is 0 Å². The number of hydrogen-bond donors (Lipinski definition) is 1. The molecule has 0 aromatic rings. The van der Waals surface area contributed by atoms with Crippen LogP contribution in [0.15, 0.2) is 0 Å². The van der Waals surface area contributed by atoms with E-state index in [1.54, 1.807) is 0 Å². The Morgan fingerprint density at radius 3 is 1.79 bits per heavy atom. The van der Waals surface area contributed by atoms with Gasteiger partial charge in [-0.05, 0) is 12.8 Å². The Bertz CT molecular complexity index is 157. The van der Waals surface area contributed by atoms with E-state index in [0.717, 1.165) is 25.7 Å². The van der Waals surface area contributed by atoms with E-state index in [1.807, 2.05) is 13.8 Å². The molecule has 4 nitrogen and oxygen atoms in total. The Labute approximate surface area is 130 Å². The molecule has 0 rings (SSSR count). The van der Waals surface area contributed by atoms with Crippen LogP contribution in [-0.2, 0) is 13.6 Å². The summed E-state index contributed by atoms with van der Waals surface area (Å²) in [7, 11) is -3.75. The van der Waals surface area contributed by atoms with E-state index in [4.69, 9.17) is 13.9 Å². The largest absolute Gasteiger partial charge is 1.00 e. The van der Waals surface area contributed by atoms with Crippen LogP contribution in [0.1, 0.15) is 41.0 Å². The number of unbranched alkanes of at least 4 members (excludes halogenated alkanes) is 2. The molecule has 6 heteroatoms. The van der Waals surface area contributed by atoms with Crippen LogP contribution in [0.4, 0.5) is 0 Å². The van der Waals surface area contributed by atoms with E-state index in [-0.39, 0.29) is 66.0 Å². The minimum Gasteiger partial charge on any atom is -1.00 e. The molecule has 0 bridgehead atoms. The van der Waals surface area contributed by atoms with Gasteiger partial charge in [-0.25, -0.2) is 4.57 Å². The van der Waals surface area contributed by atoms with Crippen LogP contribution in [0.5, 0.6) is 0 Å². The molecule has 0 aromatic carbocycles. The molecule has 0 aliphatic heterocycles. The Balaban J connectivity index is -0.000000720. The third kappa shape index (κ3) is 11.8. The van der Waals surface area contributed by atoms with Crippen molar-refractivity contribution >= 4 is 7.82 Å². The van der Waals surface area contributed by atoms with E-state index in [2.05, 4.69) is 0 Å². The number of rotatable bonds is 8. The first-order valence-electron chi connectivity index (χ1n) is 4.74. The maximum absolute atomic E-state index is 11.1. The molecule has 0 unspecified atom stereocenters. The van der Waals surface area contributed by atoms with Crippen LogP contribution in [0.2, 0.25) is 0 Å². The number of phosphoric ester groups is 1. The maximum atomic E-state index is 11.1. The summed E-state index contributed by atoms with van der Waals surface area (Å²) < 4.78 is 20.5. The molecule has 82 valence electrons. The van der Waals surface area contributed by atoms with Gasteiger partial charge >= 0.3 is 59.2 Å². The molecule has 0 amide bonds. The zero-order valence-corrected chi connectivity index (χ0v) is 13.4. The van der Waals surface area contributed by atoms with Crippen LogP contribution < -0.4 is 51.4 Å². The smallest absolute Gasteiger partial charge is 1.00 e. The fourth-order valence-corrected chi connectivity index (χ4v) is 1.48. The monoisotopic (exact) mass is 250 g/mol.